The summed E-state index contributed by atoms with van der Waals surface area (Å²) in [5.74, 6) is 0.571. The van der Waals surface area contributed by atoms with Gasteiger partial charge in [-0.25, -0.2) is 0 Å². The molecule has 0 saturated heterocycles. The molecule has 1 aromatic carbocycles. The van der Waals surface area contributed by atoms with Gasteiger partial charge in [0.15, 0.2) is 0 Å². The predicted octanol–water partition coefficient (Wildman–Crippen LogP) is 2.43. The molecule has 0 aliphatic rings. The van der Waals surface area contributed by atoms with E-state index in [1.807, 2.05) is 45.9 Å². The maximum atomic E-state index is 11.6. The molecule has 19 heavy (non-hydrogen) atoms. The Morgan fingerprint density at radius 3 is 2.58 bits per heavy atom. The van der Waals surface area contributed by atoms with Crippen LogP contribution in [0.15, 0.2) is 18.2 Å². The summed E-state index contributed by atoms with van der Waals surface area (Å²) in [5, 5.41) is 3.07. The molecule has 0 aliphatic carbocycles. The number of carbonyl (C=O) groups excluding carboxylic acids is 1. The molecule has 0 unspecified atom stereocenters. The second kappa shape index (κ2) is 6.57. The minimum atomic E-state index is -0.445. The number of methoxy groups -OCH3 is 1. The highest BCUT2D eigenvalue weighted by atomic mass is 16.6. The first kappa shape index (κ1) is 15.5. The summed E-state index contributed by atoms with van der Waals surface area (Å²) in [5.41, 5.74) is 1.75. The van der Waals surface area contributed by atoms with Crippen molar-refractivity contribution in [2.24, 2.45) is 0 Å². The Morgan fingerprint density at radius 2 is 2.00 bits per heavy atom. The second-order valence-corrected chi connectivity index (χ2v) is 5.51. The SMILES string of the molecule is COc1ccc(C)cc1CNCC(=O)OC(C)(C)C. The Kier molecular flexibility index (Phi) is 5.36. The molecule has 106 valence electrons. The van der Waals surface area contributed by atoms with Crippen molar-refractivity contribution in [3.63, 3.8) is 0 Å². The van der Waals surface area contributed by atoms with Gasteiger partial charge in [0, 0.05) is 12.1 Å². The van der Waals surface area contributed by atoms with Crippen LogP contribution in [-0.2, 0) is 16.1 Å². The minimum absolute atomic E-state index is 0.189. The first-order valence-corrected chi connectivity index (χ1v) is 6.38. The van der Waals surface area contributed by atoms with Gasteiger partial charge in [-0.2, -0.15) is 0 Å². The summed E-state index contributed by atoms with van der Waals surface area (Å²) >= 11 is 0. The molecule has 0 aliphatic heterocycles. The monoisotopic (exact) mass is 265 g/mol. The van der Waals surface area contributed by atoms with Crippen molar-refractivity contribution in [2.45, 2.75) is 39.8 Å². The summed E-state index contributed by atoms with van der Waals surface area (Å²) in [7, 11) is 1.64. The molecule has 0 saturated carbocycles. The van der Waals surface area contributed by atoms with E-state index in [0.717, 1.165) is 16.9 Å². The molecule has 0 heterocycles. The molecule has 0 amide bonds. The molecule has 0 spiro atoms. The van der Waals surface area contributed by atoms with Crippen molar-refractivity contribution in [1.29, 1.82) is 0 Å². The van der Waals surface area contributed by atoms with Crippen LogP contribution in [0.2, 0.25) is 0 Å². The minimum Gasteiger partial charge on any atom is -0.496 e. The molecular weight excluding hydrogens is 242 g/mol. The van der Waals surface area contributed by atoms with Crippen molar-refractivity contribution < 1.29 is 14.3 Å². The van der Waals surface area contributed by atoms with Crippen molar-refractivity contribution in [3.8, 4) is 5.75 Å². The van der Waals surface area contributed by atoms with E-state index < -0.39 is 5.60 Å². The van der Waals surface area contributed by atoms with Gasteiger partial charge in [0.2, 0.25) is 0 Å². The van der Waals surface area contributed by atoms with Gasteiger partial charge >= 0.3 is 5.97 Å². The van der Waals surface area contributed by atoms with Crippen LogP contribution in [-0.4, -0.2) is 25.2 Å². The topological polar surface area (TPSA) is 47.6 Å². The Morgan fingerprint density at radius 1 is 1.32 bits per heavy atom. The normalized spacial score (nSPS) is 11.2. The number of rotatable bonds is 5. The molecule has 0 atom stereocenters. The quantitative estimate of drug-likeness (QED) is 0.831. The number of benzene rings is 1. The molecule has 0 radical (unpaired) electrons. The van der Waals surface area contributed by atoms with E-state index in [0.29, 0.717) is 6.54 Å². The second-order valence-electron chi connectivity index (χ2n) is 5.51. The van der Waals surface area contributed by atoms with E-state index in [-0.39, 0.29) is 12.5 Å². The molecule has 1 N–H and O–H groups in total. The van der Waals surface area contributed by atoms with Gasteiger partial charge in [-0.1, -0.05) is 17.7 Å². The van der Waals surface area contributed by atoms with Gasteiger partial charge in [-0.05, 0) is 33.8 Å². The van der Waals surface area contributed by atoms with Gasteiger partial charge in [0.05, 0.1) is 13.7 Å². The smallest absolute Gasteiger partial charge is 0.320 e. The average Bonchev–Trinajstić information content (AvgIpc) is 2.27. The van der Waals surface area contributed by atoms with E-state index in [4.69, 9.17) is 9.47 Å². The molecule has 1 aromatic rings. The Bertz CT molecular complexity index is 436. The zero-order chi connectivity index (χ0) is 14.5. The Hall–Kier alpha value is -1.55. The van der Waals surface area contributed by atoms with Crippen LogP contribution in [0.4, 0.5) is 0 Å². The van der Waals surface area contributed by atoms with Crippen LogP contribution < -0.4 is 10.1 Å². The molecule has 0 bridgehead atoms. The number of nitrogens with one attached hydrogen (secondary N) is 1. The summed E-state index contributed by atoms with van der Waals surface area (Å²) in [4.78, 5) is 11.6. The number of carbonyl (C=O) groups is 1. The number of esters is 1. The summed E-state index contributed by atoms with van der Waals surface area (Å²) in [6.07, 6.45) is 0. The standard InChI is InChI=1S/C15H23NO3/c1-11-6-7-13(18-5)12(8-11)9-16-10-14(17)19-15(2,3)4/h6-8,16H,9-10H2,1-5H3. The first-order chi connectivity index (χ1) is 8.81. The zero-order valence-corrected chi connectivity index (χ0v) is 12.4. The highest BCUT2D eigenvalue weighted by Gasteiger charge is 2.15. The Labute approximate surface area is 115 Å². The fraction of sp³-hybridized carbons (Fsp3) is 0.533. The highest BCUT2D eigenvalue weighted by molar-refractivity contribution is 5.72. The van der Waals surface area contributed by atoms with Crippen LogP contribution in [0, 0.1) is 6.92 Å². The van der Waals surface area contributed by atoms with Crippen LogP contribution in [0.5, 0.6) is 5.75 Å². The third kappa shape index (κ3) is 5.75. The lowest BCUT2D eigenvalue weighted by atomic mass is 10.1. The van der Waals surface area contributed by atoms with Gasteiger partial charge < -0.3 is 14.8 Å². The maximum Gasteiger partial charge on any atom is 0.320 e. The largest absolute Gasteiger partial charge is 0.496 e. The van der Waals surface area contributed by atoms with Gasteiger partial charge in [-0.3, -0.25) is 4.79 Å². The van der Waals surface area contributed by atoms with E-state index >= 15 is 0 Å². The lowest BCUT2D eigenvalue weighted by molar-refractivity contribution is -0.153. The number of hydrogen-bond acceptors (Lipinski definition) is 4. The third-order valence-corrected chi connectivity index (χ3v) is 2.44. The van der Waals surface area contributed by atoms with Crippen molar-refractivity contribution in [3.05, 3.63) is 29.3 Å². The first-order valence-electron chi connectivity index (χ1n) is 6.38. The van der Waals surface area contributed by atoms with E-state index in [2.05, 4.69) is 5.32 Å². The fourth-order valence-electron chi connectivity index (χ4n) is 1.72. The molecule has 4 nitrogen and oxygen atoms in total. The molecule has 1 rings (SSSR count). The molecule has 0 aromatic heterocycles. The molecule has 0 fully saturated rings. The summed E-state index contributed by atoms with van der Waals surface area (Å²) in [6.45, 7) is 8.35. The Balaban J connectivity index is 2.49. The number of ether oxygens (including phenoxy) is 2. The number of aryl methyl sites for hydroxylation is 1. The lowest BCUT2D eigenvalue weighted by Gasteiger charge is -2.19. The van der Waals surface area contributed by atoms with Gasteiger partial charge in [-0.15, -0.1) is 0 Å². The maximum absolute atomic E-state index is 11.6. The van der Waals surface area contributed by atoms with Crippen molar-refractivity contribution in [2.75, 3.05) is 13.7 Å². The summed E-state index contributed by atoms with van der Waals surface area (Å²) < 4.78 is 10.5. The molecular formula is C15H23NO3. The van der Waals surface area contributed by atoms with Gasteiger partial charge in [0.1, 0.15) is 11.4 Å². The highest BCUT2D eigenvalue weighted by Crippen LogP contribution is 2.19. The van der Waals surface area contributed by atoms with E-state index in [1.54, 1.807) is 7.11 Å². The van der Waals surface area contributed by atoms with E-state index in [1.165, 1.54) is 0 Å². The predicted molar refractivity (Wildman–Crippen MR) is 75.3 cm³/mol. The molecule has 4 heteroatoms. The zero-order valence-electron chi connectivity index (χ0n) is 12.4. The van der Waals surface area contributed by atoms with Crippen LogP contribution in [0.3, 0.4) is 0 Å². The summed E-state index contributed by atoms with van der Waals surface area (Å²) in [6, 6.07) is 5.97. The van der Waals surface area contributed by atoms with Crippen molar-refractivity contribution >= 4 is 5.97 Å². The lowest BCUT2D eigenvalue weighted by Crippen LogP contribution is -2.31. The van der Waals surface area contributed by atoms with Crippen LogP contribution >= 0.6 is 0 Å². The van der Waals surface area contributed by atoms with Crippen LogP contribution in [0.25, 0.3) is 0 Å². The third-order valence-electron chi connectivity index (χ3n) is 2.44. The van der Waals surface area contributed by atoms with Gasteiger partial charge in [0.25, 0.3) is 0 Å². The average molecular weight is 265 g/mol. The van der Waals surface area contributed by atoms with E-state index in [9.17, 15) is 4.79 Å². The van der Waals surface area contributed by atoms with Crippen LogP contribution in [0.1, 0.15) is 31.9 Å². The number of hydrogen-bond donors (Lipinski definition) is 1. The fourth-order valence-corrected chi connectivity index (χ4v) is 1.72. The van der Waals surface area contributed by atoms with Crippen molar-refractivity contribution in [1.82, 2.24) is 5.32 Å².